The fraction of sp³-hybridized carbons (Fsp3) is 0.429. The summed E-state index contributed by atoms with van der Waals surface area (Å²) in [6.45, 7) is 0.778. The number of halogens is 1. The summed E-state index contributed by atoms with van der Waals surface area (Å²) in [7, 11) is 1.57. The van der Waals surface area contributed by atoms with Crippen molar-refractivity contribution in [1.82, 2.24) is 25.1 Å². The normalized spacial score (nSPS) is 16.9. The highest BCUT2D eigenvalue weighted by Crippen LogP contribution is 2.14. The first-order valence-electron chi connectivity index (χ1n) is 7.17. The molecule has 9 heteroatoms. The van der Waals surface area contributed by atoms with Crippen molar-refractivity contribution in [3.05, 3.63) is 45.6 Å². The van der Waals surface area contributed by atoms with Crippen molar-refractivity contribution in [3.63, 3.8) is 0 Å². The van der Waals surface area contributed by atoms with Gasteiger partial charge in [-0.15, -0.1) is 0 Å². The second-order valence-electron chi connectivity index (χ2n) is 5.33. The van der Waals surface area contributed by atoms with Crippen molar-refractivity contribution in [2.24, 2.45) is 0 Å². The number of carbonyl (C=O) groups excluding carboxylic acids is 1. The van der Waals surface area contributed by atoms with Crippen LogP contribution in [0.3, 0.4) is 0 Å². The van der Waals surface area contributed by atoms with E-state index in [1.165, 1.54) is 0 Å². The predicted molar refractivity (Wildman–Crippen MR) is 77.3 cm³/mol. The minimum absolute atomic E-state index is 0.199. The zero-order valence-electron chi connectivity index (χ0n) is 12.5. The van der Waals surface area contributed by atoms with Crippen molar-refractivity contribution in [3.8, 4) is 0 Å². The molecule has 23 heavy (non-hydrogen) atoms. The highest BCUT2D eigenvalue weighted by molar-refractivity contribution is 5.93. The van der Waals surface area contributed by atoms with Crippen molar-refractivity contribution < 1.29 is 13.9 Å². The summed E-state index contributed by atoms with van der Waals surface area (Å²) in [5.41, 5.74) is -0.863. The van der Waals surface area contributed by atoms with Crippen LogP contribution < -0.4 is 10.9 Å². The number of nitrogens with one attached hydrogen (secondary N) is 2. The van der Waals surface area contributed by atoms with Crippen LogP contribution in [0.2, 0.25) is 0 Å². The van der Waals surface area contributed by atoms with Gasteiger partial charge >= 0.3 is 0 Å². The molecule has 2 N–H and O–H groups in total. The molecule has 0 aromatic carbocycles. The van der Waals surface area contributed by atoms with Crippen LogP contribution in [0.5, 0.6) is 0 Å². The van der Waals surface area contributed by atoms with Gasteiger partial charge in [0.05, 0.1) is 6.54 Å². The van der Waals surface area contributed by atoms with Crippen LogP contribution >= 0.6 is 0 Å². The fourth-order valence-electron chi connectivity index (χ4n) is 2.56. The molecule has 0 radical (unpaired) electrons. The standard InChI is InChI=1S/C14H16FN5O3/c1-23-7-11-18-12-3-2-9(6-20(12)19-11)17-14(22)10-4-8(15)5-16-13(10)21/h4-5,9H,2-3,6-7H2,1H3,(H,16,21)(H,17,22). The summed E-state index contributed by atoms with van der Waals surface area (Å²) < 4.78 is 19.9. The Bertz CT molecular complexity index is 785. The molecule has 0 bridgehead atoms. The van der Waals surface area contributed by atoms with Crippen molar-refractivity contribution in [2.75, 3.05) is 7.11 Å². The maximum absolute atomic E-state index is 13.2. The first kappa shape index (κ1) is 15.3. The lowest BCUT2D eigenvalue weighted by Crippen LogP contribution is -2.42. The van der Waals surface area contributed by atoms with Gasteiger partial charge in [-0.1, -0.05) is 0 Å². The van der Waals surface area contributed by atoms with E-state index in [1.807, 2.05) is 0 Å². The molecule has 2 aromatic rings. The number of ether oxygens (including phenoxy) is 1. The van der Waals surface area contributed by atoms with E-state index >= 15 is 0 Å². The van der Waals surface area contributed by atoms with E-state index < -0.39 is 17.3 Å². The summed E-state index contributed by atoms with van der Waals surface area (Å²) in [6, 6.07) is 0.726. The second kappa shape index (κ2) is 6.29. The van der Waals surface area contributed by atoms with Gasteiger partial charge in [0, 0.05) is 25.8 Å². The molecule has 3 rings (SSSR count). The van der Waals surface area contributed by atoms with Crippen LogP contribution in [-0.4, -0.2) is 38.8 Å². The maximum atomic E-state index is 13.2. The van der Waals surface area contributed by atoms with E-state index in [1.54, 1.807) is 11.8 Å². The molecule has 1 aliphatic rings. The van der Waals surface area contributed by atoms with Crippen molar-refractivity contribution >= 4 is 5.91 Å². The molecule has 3 heterocycles. The number of hydrogen-bond acceptors (Lipinski definition) is 5. The topological polar surface area (TPSA) is 102 Å². The first-order chi connectivity index (χ1) is 11.1. The Morgan fingerprint density at radius 1 is 1.61 bits per heavy atom. The Hall–Kier alpha value is -2.55. The predicted octanol–water partition coefficient (Wildman–Crippen LogP) is -0.00330. The van der Waals surface area contributed by atoms with Gasteiger partial charge in [0.1, 0.15) is 23.8 Å². The number of aryl methyl sites for hydroxylation is 1. The molecule has 1 amide bonds. The molecule has 0 fully saturated rings. The lowest BCUT2D eigenvalue weighted by Gasteiger charge is -2.23. The third kappa shape index (κ3) is 3.29. The average molecular weight is 321 g/mol. The van der Waals surface area contributed by atoms with Crippen LogP contribution in [0.1, 0.15) is 28.4 Å². The number of hydrogen-bond donors (Lipinski definition) is 2. The number of H-pyrrole nitrogens is 1. The summed E-state index contributed by atoms with van der Waals surface area (Å²) in [5, 5.41) is 7.04. The summed E-state index contributed by atoms with van der Waals surface area (Å²) >= 11 is 0. The number of methoxy groups -OCH3 is 1. The zero-order chi connectivity index (χ0) is 16.4. The number of nitrogens with zero attached hydrogens (tertiary/aromatic N) is 3. The Kier molecular flexibility index (Phi) is 4.20. The molecule has 2 aromatic heterocycles. The van der Waals surface area contributed by atoms with Gasteiger partial charge in [-0.05, 0) is 12.5 Å². The number of rotatable bonds is 4. The summed E-state index contributed by atoms with van der Waals surface area (Å²) in [6.07, 6.45) is 2.24. The molecule has 8 nitrogen and oxygen atoms in total. The molecular formula is C14H16FN5O3. The molecule has 1 unspecified atom stereocenters. The third-order valence-electron chi connectivity index (χ3n) is 3.62. The molecule has 1 atom stereocenters. The highest BCUT2D eigenvalue weighted by atomic mass is 19.1. The van der Waals surface area contributed by atoms with Gasteiger partial charge < -0.3 is 15.0 Å². The van der Waals surface area contributed by atoms with E-state index in [0.717, 1.165) is 18.1 Å². The smallest absolute Gasteiger partial charge is 0.260 e. The Balaban J connectivity index is 1.70. The summed E-state index contributed by atoms with van der Waals surface area (Å²) in [4.78, 5) is 30.3. The molecular weight excluding hydrogens is 305 g/mol. The van der Waals surface area contributed by atoms with E-state index in [-0.39, 0.29) is 11.6 Å². The number of aromatic nitrogens is 4. The highest BCUT2D eigenvalue weighted by Gasteiger charge is 2.24. The first-order valence-corrected chi connectivity index (χ1v) is 7.17. The Morgan fingerprint density at radius 2 is 2.43 bits per heavy atom. The number of amides is 1. The van der Waals surface area contributed by atoms with Gasteiger partial charge in [0.2, 0.25) is 0 Å². The largest absolute Gasteiger partial charge is 0.377 e. The lowest BCUT2D eigenvalue weighted by molar-refractivity contribution is 0.0924. The number of fused-ring (bicyclic) bond motifs is 1. The van der Waals surface area contributed by atoms with Gasteiger partial charge in [-0.3, -0.25) is 9.59 Å². The monoisotopic (exact) mass is 321 g/mol. The second-order valence-corrected chi connectivity index (χ2v) is 5.33. The molecule has 0 saturated carbocycles. The number of carbonyl (C=O) groups is 1. The molecule has 0 saturated heterocycles. The molecule has 1 aliphatic heterocycles. The van der Waals surface area contributed by atoms with E-state index in [4.69, 9.17) is 4.74 Å². The van der Waals surface area contributed by atoms with Crippen LogP contribution in [0.25, 0.3) is 0 Å². The van der Waals surface area contributed by atoms with Crippen LogP contribution in [0.15, 0.2) is 17.1 Å². The molecule has 0 spiro atoms. The SMILES string of the molecule is COCc1nc2n(n1)CC(NC(=O)c1cc(F)c[nH]c1=O)CC2. The van der Waals surface area contributed by atoms with Gasteiger partial charge in [0.15, 0.2) is 5.82 Å². The molecule has 0 aliphatic carbocycles. The maximum Gasteiger partial charge on any atom is 0.260 e. The van der Waals surface area contributed by atoms with E-state index in [9.17, 15) is 14.0 Å². The summed E-state index contributed by atoms with van der Waals surface area (Å²) in [5.74, 6) is 0.166. The van der Waals surface area contributed by atoms with Gasteiger partial charge in [0.25, 0.3) is 11.5 Å². The van der Waals surface area contributed by atoms with E-state index in [2.05, 4.69) is 20.4 Å². The number of aromatic amines is 1. The van der Waals surface area contributed by atoms with Crippen LogP contribution in [0.4, 0.5) is 4.39 Å². The minimum atomic E-state index is -0.666. The van der Waals surface area contributed by atoms with Crippen molar-refractivity contribution in [1.29, 1.82) is 0 Å². The van der Waals surface area contributed by atoms with Crippen molar-refractivity contribution in [2.45, 2.75) is 32.0 Å². The molecule has 122 valence electrons. The lowest BCUT2D eigenvalue weighted by atomic mass is 10.1. The number of pyridine rings is 1. The minimum Gasteiger partial charge on any atom is -0.377 e. The Morgan fingerprint density at radius 3 is 3.22 bits per heavy atom. The van der Waals surface area contributed by atoms with Crippen LogP contribution in [0, 0.1) is 5.82 Å². The van der Waals surface area contributed by atoms with Gasteiger partial charge in [-0.2, -0.15) is 5.10 Å². The quantitative estimate of drug-likeness (QED) is 0.825. The third-order valence-corrected chi connectivity index (χ3v) is 3.62. The van der Waals surface area contributed by atoms with Crippen LogP contribution in [-0.2, 0) is 24.3 Å². The average Bonchev–Trinajstić information content (AvgIpc) is 2.91. The zero-order valence-corrected chi connectivity index (χ0v) is 12.5. The Labute approximate surface area is 130 Å². The fourth-order valence-corrected chi connectivity index (χ4v) is 2.56. The van der Waals surface area contributed by atoms with Gasteiger partial charge in [-0.25, -0.2) is 14.1 Å². The van der Waals surface area contributed by atoms with E-state index in [0.29, 0.717) is 31.8 Å².